The number of alkyl halides is 1. The SMILES string of the molecule is Cc1ccc([C@@H](CF)N2CCNCC2)s1.Cl.Cl. The molecule has 6 heteroatoms. The minimum Gasteiger partial charge on any atom is -0.314 e. The van der Waals surface area contributed by atoms with Crippen LogP contribution in [-0.2, 0) is 0 Å². The highest BCUT2D eigenvalue weighted by molar-refractivity contribution is 7.12. The van der Waals surface area contributed by atoms with Crippen molar-refractivity contribution in [1.82, 2.24) is 10.2 Å². The van der Waals surface area contributed by atoms with E-state index in [2.05, 4.69) is 29.3 Å². The highest BCUT2D eigenvalue weighted by Crippen LogP contribution is 2.28. The van der Waals surface area contributed by atoms with Gasteiger partial charge in [-0.25, -0.2) is 4.39 Å². The molecule has 0 aromatic carbocycles. The Hall–Kier alpha value is 0.130. The smallest absolute Gasteiger partial charge is 0.110 e. The Morgan fingerprint density at radius 3 is 2.47 bits per heavy atom. The van der Waals surface area contributed by atoms with Crippen molar-refractivity contribution in [1.29, 1.82) is 0 Å². The summed E-state index contributed by atoms with van der Waals surface area (Å²) < 4.78 is 13.1. The van der Waals surface area contributed by atoms with E-state index in [1.165, 1.54) is 4.88 Å². The van der Waals surface area contributed by atoms with Crippen molar-refractivity contribution >= 4 is 36.2 Å². The Morgan fingerprint density at radius 1 is 1.35 bits per heavy atom. The van der Waals surface area contributed by atoms with Crippen molar-refractivity contribution in [2.75, 3.05) is 32.9 Å². The lowest BCUT2D eigenvalue weighted by Gasteiger charge is -2.32. The van der Waals surface area contributed by atoms with Crippen molar-refractivity contribution in [3.8, 4) is 0 Å². The first-order valence-corrected chi connectivity index (χ1v) is 6.20. The fourth-order valence-corrected chi connectivity index (χ4v) is 2.97. The van der Waals surface area contributed by atoms with Gasteiger partial charge in [0.05, 0.1) is 6.04 Å². The molecule has 0 amide bonds. The molecule has 1 N–H and O–H groups in total. The summed E-state index contributed by atoms with van der Waals surface area (Å²) in [6.45, 7) is 5.64. The second-order valence-corrected chi connectivity index (χ2v) is 5.22. The van der Waals surface area contributed by atoms with E-state index in [0.717, 1.165) is 31.1 Å². The summed E-state index contributed by atoms with van der Waals surface area (Å²) in [5.74, 6) is 0. The van der Waals surface area contributed by atoms with E-state index in [1.54, 1.807) is 11.3 Å². The van der Waals surface area contributed by atoms with Crippen LogP contribution in [0.3, 0.4) is 0 Å². The molecule has 0 saturated carbocycles. The number of hydrogen-bond acceptors (Lipinski definition) is 3. The van der Waals surface area contributed by atoms with Gasteiger partial charge in [-0.3, -0.25) is 4.90 Å². The van der Waals surface area contributed by atoms with Crippen molar-refractivity contribution in [3.05, 3.63) is 21.9 Å². The van der Waals surface area contributed by atoms with Gasteiger partial charge in [0.1, 0.15) is 6.67 Å². The van der Waals surface area contributed by atoms with Crippen LogP contribution in [0.5, 0.6) is 0 Å². The molecule has 1 fully saturated rings. The average Bonchev–Trinajstić information content (AvgIpc) is 2.68. The van der Waals surface area contributed by atoms with Crippen LogP contribution in [-0.4, -0.2) is 37.8 Å². The second kappa shape index (κ2) is 8.27. The Labute approximate surface area is 118 Å². The number of piperazine rings is 1. The lowest BCUT2D eigenvalue weighted by molar-refractivity contribution is 0.150. The zero-order valence-corrected chi connectivity index (χ0v) is 12.3. The van der Waals surface area contributed by atoms with E-state index in [9.17, 15) is 4.39 Å². The van der Waals surface area contributed by atoms with Crippen LogP contribution < -0.4 is 5.32 Å². The average molecular weight is 301 g/mol. The van der Waals surface area contributed by atoms with E-state index in [0.29, 0.717) is 0 Å². The first kappa shape index (κ1) is 17.1. The molecule has 100 valence electrons. The minimum absolute atomic E-state index is 0. The summed E-state index contributed by atoms with van der Waals surface area (Å²) in [7, 11) is 0. The third-order valence-electron chi connectivity index (χ3n) is 2.83. The van der Waals surface area contributed by atoms with Crippen molar-refractivity contribution in [2.24, 2.45) is 0 Å². The molecule has 1 saturated heterocycles. The largest absolute Gasteiger partial charge is 0.314 e. The number of aryl methyl sites for hydroxylation is 1. The predicted molar refractivity (Wildman–Crippen MR) is 76.7 cm³/mol. The highest BCUT2D eigenvalue weighted by Gasteiger charge is 2.22. The summed E-state index contributed by atoms with van der Waals surface area (Å²) in [6, 6.07) is 4.11. The van der Waals surface area contributed by atoms with Crippen LogP contribution in [0.1, 0.15) is 15.8 Å². The van der Waals surface area contributed by atoms with Gasteiger partial charge in [0.15, 0.2) is 0 Å². The van der Waals surface area contributed by atoms with E-state index in [1.807, 2.05) is 0 Å². The third kappa shape index (κ3) is 4.38. The predicted octanol–water partition coefficient (Wildman–Crippen LogP) is 2.82. The number of hydrogen-bond donors (Lipinski definition) is 1. The lowest BCUT2D eigenvalue weighted by atomic mass is 10.2. The van der Waals surface area contributed by atoms with Crippen LogP contribution in [0, 0.1) is 6.92 Å². The summed E-state index contributed by atoms with van der Waals surface area (Å²) in [5, 5.41) is 3.29. The van der Waals surface area contributed by atoms with Gasteiger partial charge in [-0.15, -0.1) is 36.2 Å². The maximum absolute atomic E-state index is 13.1. The molecular formula is C11H19Cl2FN2S. The van der Waals surface area contributed by atoms with Crippen LogP contribution >= 0.6 is 36.2 Å². The van der Waals surface area contributed by atoms with E-state index < -0.39 is 0 Å². The monoisotopic (exact) mass is 300 g/mol. The van der Waals surface area contributed by atoms with Gasteiger partial charge in [0, 0.05) is 35.9 Å². The molecule has 0 aliphatic carbocycles. The molecule has 2 heterocycles. The van der Waals surface area contributed by atoms with E-state index in [-0.39, 0.29) is 37.5 Å². The zero-order chi connectivity index (χ0) is 10.7. The molecule has 0 unspecified atom stereocenters. The summed E-state index contributed by atoms with van der Waals surface area (Å²) >= 11 is 1.71. The molecule has 1 aromatic rings. The molecule has 2 nitrogen and oxygen atoms in total. The van der Waals surface area contributed by atoms with Gasteiger partial charge in [-0.05, 0) is 19.1 Å². The number of rotatable bonds is 3. The fourth-order valence-electron chi connectivity index (χ4n) is 1.98. The molecule has 0 radical (unpaired) electrons. The number of nitrogens with one attached hydrogen (secondary N) is 1. The molecule has 1 atom stereocenters. The first-order chi connectivity index (χ1) is 7.31. The molecule has 17 heavy (non-hydrogen) atoms. The van der Waals surface area contributed by atoms with E-state index >= 15 is 0 Å². The quantitative estimate of drug-likeness (QED) is 0.923. The Bertz CT molecular complexity index is 316. The Kier molecular flexibility index (Phi) is 8.33. The maximum atomic E-state index is 13.1. The topological polar surface area (TPSA) is 15.3 Å². The van der Waals surface area contributed by atoms with Crippen LogP contribution in [0.15, 0.2) is 12.1 Å². The van der Waals surface area contributed by atoms with Gasteiger partial charge < -0.3 is 5.32 Å². The van der Waals surface area contributed by atoms with Gasteiger partial charge in [0.2, 0.25) is 0 Å². The minimum atomic E-state index is -0.278. The summed E-state index contributed by atoms with van der Waals surface area (Å²) in [4.78, 5) is 4.66. The van der Waals surface area contributed by atoms with Gasteiger partial charge in [0.25, 0.3) is 0 Å². The molecule has 0 spiro atoms. The van der Waals surface area contributed by atoms with Crippen molar-refractivity contribution < 1.29 is 4.39 Å². The highest BCUT2D eigenvalue weighted by atomic mass is 35.5. The molecule has 1 aliphatic heterocycles. The third-order valence-corrected chi connectivity index (χ3v) is 3.93. The maximum Gasteiger partial charge on any atom is 0.110 e. The Balaban J connectivity index is 0.00000128. The number of nitrogens with zero attached hydrogens (tertiary/aromatic N) is 1. The molecule has 2 rings (SSSR count). The zero-order valence-electron chi connectivity index (χ0n) is 9.82. The van der Waals surface area contributed by atoms with Gasteiger partial charge in [-0.2, -0.15) is 0 Å². The van der Waals surface area contributed by atoms with Gasteiger partial charge >= 0.3 is 0 Å². The number of halogens is 3. The standard InChI is InChI=1S/C11H17FN2S.2ClH/c1-9-2-3-11(15-9)10(8-12)14-6-4-13-5-7-14;;/h2-3,10,13H,4-8H2,1H3;2*1H/t10-;;/m1../s1. The van der Waals surface area contributed by atoms with Crippen LogP contribution in [0.2, 0.25) is 0 Å². The van der Waals surface area contributed by atoms with Crippen molar-refractivity contribution in [2.45, 2.75) is 13.0 Å². The van der Waals surface area contributed by atoms with Crippen LogP contribution in [0.25, 0.3) is 0 Å². The molecule has 0 bridgehead atoms. The Morgan fingerprint density at radius 2 is 2.00 bits per heavy atom. The van der Waals surface area contributed by atoms with Gasteiger partial charge in [-0.1, -0.05) is 0 Å². The first-order valence-electron chi connectivity index (χ1n) is 5.38. The summed E-state index contributed by atoms with van der Waals surface area (Å²) in [6.07, 6.45) is 0. The van der Waals surface area contributed by atoms with E-state index in [4.69, 9.17) is 0 Å². The van der Waals surface area contributed by atoms with Crippen molar-refractivity contribution in [3.63, 3.8) is 0 Å². The van der Waals surface area contributed by atoms with Crippen LogP contribution in [0.4, 0.5) is 4.39 Å². The molecule has 1 aliphatic rings. The molecular weight excluding hydrogens is 282 g/mol. The normalized spacial score (nSPS) is 18.0. The summed E-state index contributed by atoms with van der Waals surface area (Å²) in [5.41, 5.74) is 0. The fraction of sp³-hybridized carbons (Fsp3) is 0.636. The number of thiophene rings is 1. The lowest BCUT2D eigenvalue weighted by Crippen LogP contribution is -2.45. The molecule has 1 aromatic heterocycles. The second-order valence-electron chi connectivity index (χ2n) is 3.90.